The number of nitrogens with one attached hydrogen (secondary N) is 1. The van der Waals surface area contributed by atoms with Crippen molar-refractivity contribution in [3.05, 3.63) is 97.9 Å². The third-order valence-electron chi connectivity index (χ3n) is 4.17. The van der Waals surface area contributed by atoms with E-state index < -0.39 is 6.10 Å². The van der Waals surface area contributed by atoms with Gasteiger partial charge in [-0.1, -0.05) is 67.7 Å². The lowest BCUT2D eigenvalue weighted by molar-refractivity contribution is 0.160. The highest BCUT2D eigenvalue weighted by Crippen LogP contribution is 2.31. The van der Waals surface area contributed by atoms with Crippen LogP contribution in [0.4, 0.5) is 5.69 Å². The molecule has 0 fully saturated rings. The van der Waals surface area contributed by atoms with Gasteiger partial charge in [0.15, 0.2) is 0 Å². The fraction of sp³-hybridized carbons (Fsp3) is 0.143. The maximum absolute atomic E-state index is 10.7. The molecule has 5 heteroatoms. The van der Waals surface area contributed by atoms with E-state index in [0.717, 1.165) is 25.8 Å². The third kappa shape index (κ3) is 5.34. The summed E-state index contributed by atoms with van der Waals surface area (Å²) in [6, 6.07) is 23.5. The summed E-state index contributed by atoms with van der Waals surface area (Å²) < 4.78 is 2.02. The van der Waals surface area contributed by atoms with E-state index in [1.807, 2.05) is 72.8 Å². The minimum absolute atomic E-state index is 0.0490. The van der Waals surface area contributed by atoms with Gasteiger partial charge in [-0.05, 0) is 59.7 Å². The standard InChI is InChI=1S/C21H18Br2ClNO/c22-16-5-1-15(2-6-16)21(26)13-20(14-3-9-18(24)10-4-14)25-19-11-7-17(23)8-12-19/h1-12,20-21,25-26H,13H2. The van der Waals surface area contributed by atoms with E-state index in [2.05, 4.69) is 37.2 Å². The smallest absolute Gasteiger partial charge is 0.0813 e. The highest BCUT2D eigenvalue weighted by atomic mass is 79.9. The summed E-state index contributed by atoms with van der Waals surface area (Å²) in [5.74, 6) is 0. The predicted octanol–water partition coefficient (Wildman–Crippen LogP) is 7.14. The highest BCUT2D eigenvalue weighted by molar-refractivity contribution is 9.10. The Morgan fingerprint density at radius 2 is 1.27 bits per heavy atom. The summed E-state index contributed by atoms with van der Waals surface area (Å²) in [7, 11) is 0. The first kappa shape index (κ1) is 19.4. The number of anilines is 1. The minimum atomic E-state index is -0.577. The summed E-state index contributed by atoms with van der Waals surface area (Å²) in [4.78, 5) is 0. The van der Waals surface area contributed by atoms with Gasteiger partial charge in [-0.25, -0.2) is 0 Å². The average molecular weight is 496 g/mol. The first-order valence-electron chi connectivity index (χ1n) is 8.22. The number of aliphatic hydroxyl groups excluding tert-OH is 1. The molecule has 0 spiro atoms. The van der Waals surface area contributed by atoms with Gasteiger partial charge >= 0.3 is 0 Å². The van der Waals surface area contributed by atoms with Crippen molar-refractivity contribution in [2.45, 2.75) is 18.6 Å². The van der Waals surface area contributed by atoms with Gasteiger partial charge in [0.25, 0.3) is 0 Å². The first-order valence-corrected chi connectivity index (χ1v) is 10.2. The molecule has 0 saturated heterocycles. The number of aliphatic hydroxyl groups is 1. The molecular formula is C21H18Br2ClNO. The molecule has 2 N–H and O–H groups in total. The summed E-state index contributed by atoms with van der Waals surface area (Å²) in [5.41, 5.74) is 2.97. The van der Waals surface area contributed by atoms with Crippen molar-refractivity contribution in [3.63, 3.8) is 0 Å². The van der Waals surface area contributed by atoms with Crippen LogP contribution in [0.1, 0.15) is 29.7 Å². The normalized spacial score (nSPS) is 13.2. The van der Waals surface area contributed by atoms with Gasteiger partial charge in [0, 0.05) is 26.1 Å². The fourth-order valence-electron chi connectivity index (χ4n) is 2.77. The van der Waals surface area contributed by atoms with Crippen LogP contribution in [0.5, 0.6) is 0 Å². The van der Waals surface area contributed by atoms with Gasteiger partial charge in [-0.2, -0.15) is 0 Å². The van der Waals surface area contributed by atoms with E-state index in [9.17, 15) is 5.11 Å². The molecule has 0 radical (unpaired) electrons. The second-order valence-electron chi connectivity index (χ2n) is 6.06. The molecule has 3 aromatic rings. The number of benzene rings is 3. The topological polar surface area (TPSA) is 32.3 Å². The maximum atomic E-state index is 10.7. The van der Waals surface area contributed by atoms with E-state index >= 15 is 0 Å². The molecule has 2 nitrogen and oxygen atoms in total. The van der Waals surface area contributed by atoms with E-state index in [-0.39, 0.29) is 6.04 Å². The Bertz CT molecular complexity index is 835. The zero-order valence-corrected chi connectivity index (χ0v) is 17.8. The van der Waals surface area contributed by atoms with Crippen LogP contribution in [-0.4, -0.2) is 5.11 Å². The van der Waals surface area contributed by atoms with Crippen molar-refractivity contribution in [3.8, 4) is 0 Å². The molecule has 134 valence electrons. The summed E-state index contributed by atoms with van der Waals surface area (Å²) in [6.45, 7) is 0. The molecule has 3 aromatic carbocycles. The fourth-order valence-corrected chi connectivity index (χ4v) is 3.42. The minimum Gasteiger partial charge on any atom is -0.388 e. The highest BCUT2D eigenvalue weighted by Gasteiger charge is 2.18. The van der Waals surface area contributed by atoms with Crippen LogP contribution in [0.2, 0.25) is 5.02 Å². The van der Waals surface area contributed by atoms with Gasteiger partial charge in [-0.3, -0.25) is 0 Å². The second kappa shape index (κ2) is 9.05. The van der Waals surface area contributed by atoms with Crippen molar-refractivity contribution in [1.29, 1.82) is 0 Å². The Kier molecular flexibility index (Phi) is 6.76. The lowest BCUT2D eigenvalue weighted by Gasteiger charge is -2.24. The molecule has 2 atom stereocenters. The van der Waals surface area contributed by atoms with Gasteiger partial charge < -0.3 is 10.4 Å². The predicted molar refractivity (Wildman–Crippen MR) is 116 cm³/mol. The number of halogens is 3. The number of hydrogen-bond acceptors (Lipinski definition) is 2. The van der Waals surface area contributed by atoms with Crippen LogP contribution < -0.4 is 5.32 Å². The van der Waals surface area contributed by atoms with Crippen molar-refractivity contribution < 1.29 is 5.11 Å². The zero-order valence-electron chi connectivity index (χ0n) is 13.9. The molecule has 0 aliphatic rings. The van der Waals surface area contributed by atoms with Crippen molar-refractivity contribution >= 4 is 49.1 Å². The third-order valence-corrected chi connectivity index (χ3v) is 5.48. The number of hydrogen-bond donors (Lipinski definition) is 2. The van der Waals surface area contributed by atoms with Crippen molar-refractivity contribution in [2.24, 2.45) is 0 Å². The van der Waals surface area contributed by atoms with Gasteiger partial charge in [0.1, 0.15) is 0 Å². The largest absolute Gasteiger partial charge is 0.388 e. The Morgan fingerprint density at radius 3 is 1.85 bits per heavy atom. The van der Waals surface area contributed by atoms with Crippen LogP contribution >= 0.6 is 43.5 Å². The quantitative estimate of drug-likeness (QED) is 0.381. The van der Waals surface area contributed by atoms with Crippen LogP contribution in [0.25, 0.3) is 0 Å². The van der Waals surface area contributed by atoms with Gasteiger partial charge in [0.2, 0.25) is 0 Å². The lowest BCUT2D eigenvalue weighted by atomic mass is 9.96. The van der Waals surface area contributed by atoms with E-state index in [4.69, 9.17) is 11.6 Å². The molecule has 0 aromatic heterocycles. The molecule has 0 aliphatic carbocycles. The maximum Gasteiger partial charge on any atom is 0.0813 e. The monoisotopic (exact) mass is 493 g/mol. The molecule has 0 aliphatic heterocycles. The first-order chi connectivity index (χ1) is 12.5. The molecule has 26 heavy (non-hydrogen) atoms. The summed E-state index contributed by atoms with van der Waals surface area (Å²) in [6.07, 6.45) is -0.0361. The molecule has 3 rings (SSSR count). The average Bonchev–Trinajstić information content (AvgIpc) is 2.64. The van der Waals surface area contributed by atoms with Crippen LogP contribution in [-0.2, 0) is 0 Å². The Balaban J connectivity index is 1.83. The Morgan fingerprint density at radius 1 is 0.769 bits per heavy atom. The Labute approximate surface area is 175 Å². The van der Waals surface area contributed by atoms with Crippen LogP contribution in [0.15, 0.2) is 81.7 Å². The van der Waals surface area contributed by atoms with Gasteiger partial charge in [-0.15, -0.1) is 0 Å². The van der Waals surface area contributed by atoms with Gasteiger partial charge in [0.05, 0.1) is 12.1 Å². The molecule has 0 bridgehead atoms. The molecular weight excluding hydrogens is 477 g/mol. The van der Waals surface area contributed by atoms with Crippen molar-refractivity contribution in [2.75, 3.05) is 5.32 Å². The zero-order chi connectivity index (χ0) is 18.5. The second-order valence-corrected chi connectivity index (χ2v) is 8.33. The molecule has 0 heterocycles. The molecule has 0 amide bonds. The SMILES string of the molecule is OC(CC(Nc1ccc(Br)cc1)c1ccc(Cl)cc1)c1ccc(Br)cc1. The summed E-state index contributed by atoms with van der Waals surface area (Å²) >= 11 is 12.9. The van der Waals surface area contributed by atoms with Crippen LogP contribution in [0.3, 0.4) is 0 Å². The summed E-state index contributed by atoms with van der Waals surface area (Å²) in [5, 5.41) is 15.0. The van der Waals surface area contributed by atoms with Crippen LogP contribution in [0, 0.1) is 0 Å². The van der Waals surface area contributed by atoms with E-state index in [1.54, 1.807) is 0 Å². The van der Waals surface area contributed by atoms with Crippen molar-refractivity contribution in [1.82, 2.24) is 0 Å². The lowest BCUT2D eigenvalue weighted by Crippen LogP contribution is -2.15. The van der Waals surface area contributed by atoms with E-state index in [1.165, 1.54) is 0 Å². The van der Waals surface area contributed by atoms with E-state index in [0.29, 0.717) is 11.4 Å². The molecule has 0 saturated carbocycles. The Hall–Kier alpha value is -1.33. The molecule has 2 unspecified atom stereocenters. The number of rotatable bonds is 6.